The predicted molar refractivity (Wildman–Crippen MR) is 91.2 cm³/mol. The van der Waals surface area contributed by atoms with Gasteiger partial charge in [0.2, 0.25) is 0 Å². The SMILES string of the molecule is CC(=O)Oc1ccc(C=C2C=C(c3ccc(Cl)cc3)OC2=O)cc1. The fraction of sp³-hybridized carbons (Fsp3) is 0.0526. The molecule has 5 heteroatoms. The van der Waals surface area contributed by atoms with Crippen LogP contribution in [0.5, 0.6) is 5.75 Å². The average molecular weight is 341 g/mol. The molecule has 0 amide bonds. The third kappa shape index (κ3) is 3.73. The second-order valence-corrected chi connectivity index (χ2v) is 5.60. The number of cyclic esters (lactones) is 1. The fourth-order valence-electron chi connectivity index (χ4n) is 2.22. The van der Waals surface area contributed by atoms with E-state index in [9.17, 15) is 9.59 Å². The van der Waals surface area contributed by atoms with Crippen LogP contribution < -0.4 is 4.74 Å². The Labute approximate surface area is 144 Å². The lowest BCUT2D eigenvalue weighted by Crippen LogP contribution is -2.01. The lowest BCUT2D eigenvalue weighted by atomic mass is 10.1. The van der Waals surface area contributed by atoms with Crippen molar-refractivity contribution in [3.05, 3.63) is 76.3 Å². The predicted octanol–water partition coefficient (Wildman–Crippen LogP) is 4.25. The van der Waals surface area contributed by atoms with E-state index in [1.165, 1.54) is 6.92 Å². The van der Waals surface area contributed by atoms with Gasteiger partial charge in [-0.1, -0.05) is 23.7 Å². The summed E-state index contributed by atoms with van der Waals surface area (Å²) in [6.45, 7) is 1.34. The molecule has 0 atom stereocenters. The van der Waals surface area contributed by atoms with Gasteiger partial charge in [-0.3, -0.25) is 4.79 Å². The van der Waals surface area contributed by atoms with Crippen LogP contribution in [0.1, 0.15) is 18.1 Å². The minimum absolute atomic E-state index is 0.379. The van der Waals surface area contributed by atoms with Crippen LogP contribution in [0, 0.1) is 0 Å². The Balaban J connectivity index is 1.83. The highest BCUT2D eigenvalue weighted by Gasteiger charge is 2.21. The molecule has 2 aromatic carbocycles. The van der Waals surface area contributed by atoms with Crippen LogP contribution in [0.3, 0.4) is 0 Å². The van der Waals surface area contributed by atoms with E-state index in [-0.39, 0.29) is 5.97 Å². The van der Waals surface area contributed by atoms with Crippen molar-refractivity contribution in [3.63, 3.8) is 0 Å². The van der Waals surface area contributed by atoms with Gasteiger partial charge in [-0.25, -0.2) is 4.79 Å². The normalized spacial score (nSPS) is 15.2. The lowest BCUT2D eigenvalue weighted by Gasteiger charge is -2.01. The molecule has 0 aromatic heterocycles. The van der Waals surface area contributed by atoms with Gasteiger partial charge in [0.1, 0.15) is 11.5 Å². The zero-order chi connectivity index (χ0) is 17.1. The number of halogens is 1. The summed E-state index contributed by atoms with van der Waals surface area (Å²) in [5, 5.41) is 0.618. The number of ether oxygens (including phenoxy) is 2. The fourth-order valence-corrected chi connectivity index (χ4v) is 2.35. The number of carbonyl (C=O) groups excluding carboxylic acids is 2. The summed E-state index contributed by atoms with van der Waals surface area (Å²) in [6.07, 6.45) is 3.40. The molecule has 0 saturated carbocycles. The summed E-state index contributed by atoms with van der Waals surface area (Å²) in [4.78, 5) is 22.9. The molecule has 0 unspecified atom stereocenters. The largest absolute Gasteiger partial charge is 0.427 e. The van der Waals surface area contributed by atoms with Gasteiger partial charge >= 0.3 is 11.9 Å². The molecule has 0 aliphatic carbocycles. The minimum Gasteiger partial charge on any atom is -0.427 e. The molecule has 0 N–H and O–H groups in total. The van der Waals surface area contributed by atoms with Gasteiger partial charge in [0.15, 0.2) is 0 Å². The van der Waals surface area contributed by atoms with Gasteiger partial charge in [-0.05, 0) is 54.1 Å². The number of hydrogen-bond acceptors (Lipinski definition) is 4. The summed E-state index contributed by atoms with van der Waals surface area (Å²) in [5.41, 5.74) is 2.02. The molecule has 0 radical (unpaired) electrons. The van der Waals surface area contributed by atoms with E-state index < -0.39 is 5.97 Å². The maximum atomic E-state index is 12.0. The molecular formula is C19H13ClO4. The Kier molecular flexibility index (Phi) is 4.49. The highest BCUT2D eigenvalue weighted by Crippen LogP contribution is 2.28. The molecule has 0 spiro atoms. The zero-order valence-corrected chi connectivity index (χ0v) is 13.5. The molecule has 3 rings (SSSR count). The van der Waals surface area contributed by atoms with Crippen LogP contribution >= 0.6 is 11.6 Å². The van der Waals surface area contributed by atoms with E-state index in [4.69, 9.17) is 21.1 Å². The van der Waals surface area contributed by atoms with E-state index in [0.717, 1.165) is 11.1 Å². The van der Waals surface area contributed by atoms with Crippen molar-refractivity contribution in [2.24, 2.45) is 0 Å². The van der Waals surface area contributed by atoms with Crippen molar-refractivity contribution >= 4 is 35.4 Å². The van der Waals surface area contributed by atoms with Crippen molar-refractivity contribution in [1.82, 2.24) is 0 Å². The third-order valence-electron chi connectivity index (χ3n) is 3.32. The van der Waals surface area contributed by atoms with Gasteiger partial charge in [0.05, 0.1) is 5.57 Å². The van der Waals surface area contributed by atoms with Crippen molar-refractivity contribution in [2.45, 2.75) is 6.92 Å². The van der Waals surface area contributed by atoms with Gasteiger partial charge < -0.3 is 9.47 Å². The topological polar surface area (TPSA) is 52.6 Å². The summed E-state index contributed by atoms with van der Waals surface area (Å²) in [5.74, 6) is 0.149. The molecule has 120 valence electrons. The number of carbonyl (C=O) groups is 2. The molecule has 1 aliphatic rings. The quantitative estimate of drug-likeness (QED) is 0.476. The molecule has 0 bridgehead atoms. The number of benzene rings is 2. The highest BCUT2D eigenvalue weighted by molar-refractivity contribution is 6.30. The van der Waals surface area contributed by atoms with Crippen LogP contribution in [-0.4, -0.2) is 11.9 Å². The second-order valence-electron chi connectivity index (χ2n) is 5.17. The van der Waals surface area contributed by atoms with E-state index in [1.54, 1.807) is 60.7 Å². The third-order valence-corrected chi connectivity index (χ3v) is 3.57. The van der Waals surface area contributed by atoms with E-state index in [0.29, 0.717) is 22.1 Å². The Morgan fingerprint density at radius 3 is 2.38 bits per heavy atom. The summed E-state index contributed by atoms with van der Waals surface area (Å²) in [6, 6.07) is 13.9. The molecular weight excluding hydrogens is 328 g/mol. The van der Waals surface area contributed by atoms with Crippen molar-refractivity contribution < 1.29 is 19.1 Å². The first kappa shape index (κ1) is 16.0. The van der Waals surface area contributed by atoms with Crippen LogP contribution in [0.4, 0.5) is 0 Å². The second kappa shape index (κ2) is 6.72. The van der Waals surface area contributed by atoms with Crippen molar-refractivity contribution in [2.75, 3.05) is 0 Å². The molecule has 0 saturated heterocycles. The maximum absolute atomic E-state index is 12.0. The first-order chi connectivity index (χ1) is 11.5. The number of rotatable bonds is 3. The average Bonchev–Trinajstić information content (AvgIpc) is 2.90. The van der Waals surface area contributed by atoms with Crippen LogP contribution in [0.25, 0.3) is 11.8 Å². The van der Waals surface area contributed by atoms with Gasteiger partial charge in [0, 0.05) is 17.5 Å². The van der Waals surface area contributed by atoms with Crippen molar-refractivity contribution in [1.29, 1.82) is 0 Å². The molecule has 4 nitrogen and oxygen atoms in total. The van der Waals surface area contributed by atoms with Crippen LogP contribution in [0.15, 0.2) is 60.2 Å². The molecule has 1 aliphatic heterocycles. The van der Waals surface area contributed by atoms with Crippen LogP contribution in [0.2, 0.25) is 5.02 Å². The summed E-state index contributed by atoms with van der Waals surface area (Å²) < 4.78 is 10.3. The number of esters is 2. The Hall–Kier alpha value is -2.85. The molecule has 0 fully saturated rings. The number of hydrogen-bond donors (Lipinski definition) is 0. The van der Waals surface area contributed by atoms with E-state index in [1.807, 2.05) is 0 Å². The monoisotopic (exact) mass is 340 g/mol. The molecule has 1 heterocycles. The smallest absolute Gasteiger partial charge is 0.343 e. The standard InChI is InChI=1S/C19H13ClO4/c1-12(21)23-17-8-2-13(3-9-17)10-15-11-18(24-19(15)22)14-4-6-16(20)7-5-14/h2-11H,1H3. The zero-order valence-electron chi connectivity index (χ0n) is 12.8. The van der Waals surface area contributed by atoms with E-state index >= 15 is 0 Å². The van der Waals surface area contributed by atoms with Gasteiger partial charge in [-0.2, -0.15) is 0 Å². The molecule has 2 aromatic rings. The van der Waals surface area contributed by atoms with E-state index in [2.05, 4.69) is 0 Å². The minimum atomic E-state index is -0.413. The maximum Gasteiger partial charge on any atom is 0.343 e. The first-order valence-electron chi connectivity index (χ1n) is 7.21. The Bertz CT molecular complexity index is 846. The van der Waals surface area contributed by atoms with Crippen LogP contribution in [-0.2, 0) is 14.3 Å². The first-order valence-corrected chi connectivity index (χ1v) is 7.59. The molecule has 24 heavy (non-hydrogen) atoms. The van der Waals surface area contributed by atoms with Gasteiger partial charge in [0.25, 0.3) is 0 Å². The van der Waals surface area contributed by atoms with Gasteiger partial charge in [-0.15, -0.1) is 0 Å². The Morgan fingerprint density at radius 2 is 1.75 bits per heavy atom. The highest BCUT2D eigenvalue weighted by atomic mass is 35.5. The lowest BCUT2D eigenvalue weighted by molar-refractivity contribution is -0.132. The summed E-state index contributed by atoms with van der Waals surface area (Å²) in [7, 11) is 0. The summed E-state index contributed by atoms with van der Waals surface area (Å²) >= 11 is 5.86. The Morgan fingerprint density at radius 1 is 1.08 bits per heavy atom. The van der Waals surface area contributed by atoms with Crippen molar-refractivity contribution in [3.8, 4) is 5.75 Å².